The molecule has 6 unspecified atom stereocenters. The molecule has 0 bridgehead atoms. The van der Waals surface area contributed by atoms with Crippen LogP contribution in [-0.4, -0.2) is 89.2 Å². The van der Waals surface area contributed by atoms with E-state index in [1.807, 2.05) is 12.2 Å². The first kappa shape index (κ1) is 69.4. The molecule has 1 rings (SSSR count). The van der Waals surface area contributed by atoms with Crippen LogP contribution in [0, 0.1) is 0 Å². The molecule has 0 saturated carbocycles. The van der Waals surface area contributed by atoms with Crippen LogP contribution in [0.5, 0.6) is 0 Å². The highest BCUT2D eigenvalue weighted by Crippen LogP contribution is 2.26. The number of unbranched alkanes of at least 4 members (excludes halogenated alkanes) is 28. The third kappa shape index (κ3) is 41.2. The zero-order chi connectivity index (χ0) is 54.7. The second-order valence-electron chi connectivity index (χ2n) is 20.6. The summed E-state index contributed by atoms with van der Waals surface area (Å²) in [5.74, 6) is -3.26. The number of carbonyl (C=O) groups is 4. The lowest BCUT2D eigenvalue weighted by atomic mass is 9.98. The average molecular weight is 1060 g/mol. The summed E-state index contributed by atoms with van der Waals surface area (Å²) < 4.78 is 28.3. The van der Waals surface area contributed by atoms with E-state index in [0.717, 1.165) is 64.2 Å². The Bertz CT molecular complexity index is 1540. The Morgan fingerprint density at radius 2 is 0.827 bits per heavy atom. The molecule has 0 spiro atoms. The lowest BCUT2D eigenvalue weighted by Gasteiger charge is -2.40. The Morgan fingerprint density at radius 3 is 1.23 bits per heavy atom. The summed E-state index contributed by atoms with van der Waals surface area (Å²) in [6.07, 6.45) is 50.8. The zero-order valence-electron chi connectivity index (χ0n) is 47.5. The molecule has 3 N–H and O–H groups in total. The Balaban J connectivity index is 2.71. The standard InChI is InChI=1S/C63H108O12/c1-4-7-10-13-16-19-22-25-27-28-30-32-34-37-40-43-46-49-55(64)71-52-54(73-56(65)50-47-44-41-38-35-31-24-21-18-15-12-9-6-3)53-72-63-61(59(68)58(67)60(75-63)62(69)70)74-57(66)51-48-45-42-39-36-33-29-26-23-20-17-14-11-8-5-2/h8,11,17,20,26,29,36,39,45,48,54,58-61,63,67-68H,4-7,9-10,12-16,18-19,21-25,27-28,30-35,37-38,40-44,46-47,49-53H2,1-3H3,(H,69,70)/b11-8-,20-17-,29-26-,39-36-,48-45-. The number of ether oxygens (including phenoxy) is 5. The molecule has 432 valence electrons. The van der Waals surface area contributed by atoms with E-state index in [1.165, 1.54) is 141 Å². The highest BCUT2D eigenvalue weighted by molar-refractivity contribution is 5.74. The van der Waals surface area contributed by atoms with Crippen LogP contribution in [0.15, 0.2) is 60.8 Å². The van der Waals surface area contributed by atoms with Gasteiger partial charge in [-0.15, -0.1) is 0 Å². The molecule has 1 heterocycles. The van der Waals surface area contributed by atoms with Gasteiger partial charge in [-0.2, -0.15) is 0 Å². The van der Waals surface area contributed by atoms with E-state index in [9.17, 15) is 34.5 Å². The molecule has 0 amide bonds. The van der Waals surface area contributed by atoms with Crippen molar-refractivity contribution < 1.29 is 58.2 Å². The molecule has 12 nitrogen and oxygen atoms in total. The number of hydrogen-bond donors (Lipinski definition) is 3. The molecule has 0 aromatic carbocycles. The van der Waals surface area contributed by atoms with Gasteiger partial charge in [0.05, 0.1) is 13.0 Å². The SMILES string of the molecule is CC/C=C\C/C=C\C/C=C\C/C=C\C/C=C\CC(=O)OC1C(OCC(COC(=O)CCCCCCCCCCCCCCCCCCC)OC(=O)CCCCCCCCCCCCCCC)OC(C(=O)O)C(O)C1O. The maximum atomic E-state index is 13.1. The van der Waals surface area contributed by atoms with Crippen LogP contribution in [-0.2, 0) is 42.9 Å². The van der Waals surface area contributed by atoms with Gasteiger partial charge in [-0.05, 0) is 44.9 Å². The van der Waals surface area contributed by atoms with Gasteiger partial charge < -0.3 is 39.0 Å². The molecule has 12 heteroatoms. The van der Waals surface area contributed by atoms with E-state index in [-0.39, 0.29) is 25.9 Å². The monoisotopic (exact) mass is 1060 g/mol. The third-order valence-corrected chi connectivity index (χ3v) is 13.6. The van der Waals surface area contributed by atoms with Gasteiger partial charge in [0.25, 0.3) is 0 Å². The molecule has 1 saturated heterocycles. The van der Waals surface area contributed by atoms with Gasteiger partial charge >= 0.3 is 23.9 Å². The van der Waals surface area contributed by atoms with E-state index >= 15 is 0 Å². The van der Waals surface area contributed by atoms with Crippen LogP contribution in [0.4, 0.5) is 0 Å². The summed E-state index contributed by atoms with van der Waals surface area (Å²) in [5.41, 5.74) is 0. The van der Waals surface area contributed by atoms with Crippen LogP contribution in [0.25, 0.3) is 0 Å². The molecule has 0 aliphatic carbocycles. The summed E-state index contributed by atoms with van der Waals surface area (Å²) in [5, 5.41) is 31.4. The highest BCUT2D eigenvalue weighted by atomic mass is 16.7. The number of hydrogen-bond acceptors (Lipinski definition) is 11. The van der Waals surface area contributed by atoms with Gasteiger partial charge in [0, 0.05) is 12.8 Å². The Kier molecular flexibility index (Phi) is 47.4. The quantitative estimate of drug-likeness (QED) is 0.0228. The van der Waals surface area contributed by atoms with E-state index in [0.29, 0.717) is 19.3 Å². The minimum atomic E-state index is -1.93. The maximum absolute atomic E-state index is 13.1. The van der Waals surface area contributed by atoms with Gasteiger partial charge in [0.1, 0.15) is 18.8 Å². The van der Waals surface area contributed by atoms with Gasteiger partial charge in [0.2, 0.25) is 0 Å². The second kappa shape index (κ2) is 51.2. The third-order valence-electron chi connectivity index (χ3n) is 13.6. The smallest absolute Gasteiger partial charge is 0.335 e. The van der Waals surface area contributed by atoms with Crippen LogP contribution in [0.1, 0.15) is 265 Å². The first-order chi connectivity index (χ1) is 36.6. The predicted octanol–water partition coefficient (Wildman–Crippen LogP) is 15.6. The van der Waals surface area contributed by atoms with Crippen molar-refractivity contribution in [3.8, 4) is 0 Å². The van der Waals surface area contributed by atoms with Crippen LogP contribution in [0.3, 0.4) is 0 Å². The van der Waals surface area contributed by atoms with Crippen molar-refractivity contribution in [1.82, 2.24) is 0 Å². The summed E-state index contributed by atoms with van der Waals surface area (Å²) >= 11 is 0. The fraction of sp³-hybridized carbons (Fsp3) is 0.778. The van der Waals surface area contributed by atoms with Crippen molar-refractivity contribution >= 4 is 23.9 Å². The summed E-state index contributed by atoms with van der Waals surface area (Å²) in [4.78, 5) is 51.1. The highest BCUT2D eigenvalue weighted by Gasteiger charge is 2.50. The number of aliphatic hydroxyl groups is 2. The zero-order valence-corrected chi connectivity index (χ0v) is 47.5. The summed E-state index contributed by atoms with van der Waals surface area (Å²) in [6.45, 7) is 5.86. The number of esters is 3. The van der Waals surface area contributed by atoms with Crippen molar-refractivity contribution in [3.05, 3.63) is 60.8 Å². The number of carboxylic acids is 1. The van der Waals surface area contributed by atoms with E-state index in [2.05, 4.69) is 57.2 Å². The molecule has 1 aliphatic heterocycles. The lowest BCUT2D eigenvalue weighted by molar-refractivity contribution is -0.301. The van der Waals surface area contributed by atoms with Gasteiger partial charge in [-0.3, -0.25) is 14.4 Å². The summed E-state index contributed by atoms with van der Waals surface area (Å²) in [6, 6.07) is 0. The minimum Gasteiger partial charge on any atom is -0.479 e. The second-order valence-corrected chi connectivity index (χ2v) is 20.6. The molecular formula is C63H108O12. The number of carbonyl (C=O) groups excluding carboxylic acids is 3. The van der Waals surface area contributed by atoms with Crippen LogP contribution >= 0.6 is 0 Å². The molecule has 1 aliphatic rings. The fourth-order valence-electron chi connectivity index (χ4n) is 9.03. The molecule has 0 aromatic heterocycles. The van der Waals surface area contributed by atoms with E-state index in [4.69, 9.17) is 23.7 Å². The number of rotatable bonds is 51. The van der Waals surface area contributed by atoms with Crippen molar-refractivity contribution in [2.45, 2.75) is 302 Å². The van der Waals surface area contributed by atoms with Crippen LogP contribution < -0.4 is 0 Å². The Hall–Kier alpha value is -3.58. The largest absolute Gasteiger partial charge is 0.479 e. The van der Waals surface area contributed by atoms with Crippen LogP contribution in [0.2, 0.25) is 0 Å². The number of aliphatic hydroxyl groups excluding tert-OH is 2. The lowest BCUT2D eigenvalue weighted by Crippen LogP contribution is -2.61. The first-order valence-electron chi connectivity index (χ1n) is 30.3. The number of allylic oxidation sites excluding steroid dienone is 9. The number of carboxylic acid groups (broad SMARTS) is 1. The van der Waals surface area contributed by atoms with Crippen molar-refractivity contribution in [2.24, 2.45) is 0 Å². The number of aliphatic carboxylic acids is 1. The van der Waals surface area contributed by atoms with Gasteiger partial charge in [-0.25, -0.2) is 4.79 Å². The first-order valence-corrected chi connectivity index (χ1v) is 30.3. The van der Waals surface area contributed by atoms with Crippen molar-refractivity contribution in [3.63, 3.8) is 0 Å². The minimum absolute atomic E-state index is 0.156. The van der Waals surface area contributed by atoms with E-state index < -0.39 is 67.3 Å². The molecule has 0 radical (unpaired) electrons. The van der Waals surface area contributed by atoms with E-state index in [1.54, 1.807) is 12.2 Å². The topological polar surface area (TPSA) is 175 Å². The summed E-state index contributed by atoms with van der Waals surface area (Å²) in [7, 11) is 0. The molecule has 1 fully saturated rings. The molecular weight excluding hydrogens is 949 g/mol. The van der Waals surface area contributed by atoms with Crippen molar-refractivity contribution in [2.75, 3.05) is 13.2 Å². The molecule has 6 atom stereocenters. The Labute approximate surface area is 456 Å². The maximum Gasteiger partial charge on any atom is 0.335 e. The Morgan fingerprint density at radius 1 is 0.453 bits per heavy atom. The normalized spacial score (nSPS) is 18.5. The molecule has 0 aromatic rings. The molecule has 75 heavy (non-hydrogen) atoms. The van der Waals surface area contributed by atoms with Crippen molar-refractivity contribution in [1.29, 1.82) is 0 Å². The predicted molar refractivity (Wildman–Crippen MR) is 303 cm³/mol. The fourth-order valence-corrected chi connectivity index (χ4v) is 9.03. The van der Waals surface area contributed by atoms with Gasteiger partial charge in [0.15, 0.2) is 24.6 Å². The average Bonchev–Trinajstić information content (AvgIpc) is 3.39. The van der Waals surface area contributed by atoms with Gasteiger partial charge in [-0.1, -0.05) is 261 Å².